The van der Waals surface area contributed by atoms with Crippen LogP contribution in [-0.4, -0.2) is 0 Å². The number of anilines is 3. The van der Waals surface area contributed by atoms with Gasteiger partial charge in [0.2, 0.25) is 0 Å². The molecule has 0 bridgehead atoms. The van der Waals surface area contributed by atoms with Crippen molar-refractivity contribution in [2.45, 2.75) is 6.92 Å². The summed E-state index contributed by atoms with van der Waals surface area (Å²) in [4.78, 5) is 0. The van der Waals surface area contributed by atoms with Crippen molar-refractivity contribution in [1.82, 2.24) is 0 Å². The summed E-state index contributed by atoms with van der Waals surface area (Å²) in [6.07, 6.45) is 0. The number of para-hydroxylation sites is 1. The third-order valence-corrected chi connectivity index (χ3v) is 2.68. The first-order valence-electron chi connectivity index (χ1n) is 5.04. The first-order valence-corrected chi connectivity index (χ1v) is 5.42. The van der Waals surface area contributed by atoms with Crippen LogP contribution in [0.4, 0.5) is 17.1 Å². The van der Waals surface area contributed by atoms with Gasteiger partial charge in [0.15, 0.2) is 0 Å². The predicted molar refractivity (Wildman–Crippen MR) is 70.3 cm³/mol. The number of nitrogen functional groups attached to an aromatic ring is 1. The van der Waals surface area contributed by atoms with Crippen LogP contribution < -0.4 is 11.1 Å². The van der Waals surface area contributed by atoms with Crippen molar-refractivity contribution in [3.63, 3.8) is 0 Å². The van der Waals surface area contributed by atoms with E-state index in [9.17, 15) is 0 Å². The van der Waals surface area contributed by atoms with E-state index >= 15 is 0 Å². The van der Waals surface area contributed by atoms with Gasteiger partial charge in [-0.25, -0.2) is 0 Å². The molecule has 0 spiro atoms. The van der Waals surface area contributed by atoms with E-state index in [0.29, 0.717) is 10.7 Å². The zero-order chi connectivity index (χ0) is 11.5. The van der Waals surface area contributed by atoms with Gasteiger partial charge in [0.05, 0.1) is 22.1 Å². The van der Waals surface area contributed by atoms with Crippen molar-refractivity contribution in [2.75, 3.05) is 11.1 Å². The Morgan fingerprint density at radius 1 is 1.06 bits per heavy atom. The maximum atomic E-state index is 6.06. The second kappa shape index (κ2) is 4.45. The van der Waals surface area contributed by atoms with Crippen molar-refractivity contribution in [3.8, 4) is 0 Å². The fourth-order valence-electron chi connectivity index (χ4n) is 1.49. The van der Waals surface area contributed by atoms with Crippen LogP contribution in [0.25, 0.3) is 0 Å². The quantitative estimate of drug-likeness (QED) is 0.769. The van der Waals surface area contributed by atoms with Crippen LogP contribution in [0.2, 0.25) is 5.02 Å². The van der Waals surface area contributed by atoms with Gasteiger partial charge in [-0.2, -0.15) is 0 Å². The number of nitrogens with two attached hydrogens (primary N) is 1. The van der Waals surface area contributed by atoms with E-state index in [4.69, 9.17) is 17.3 Å². The van der Waals surface area contributed by atoms with E-state index in [1.54, 1.807) is 0 Å². The van der Waals surface area contributed by atoms with Crippen LogP contribution in [0.15, 0.2) is 42.5 Å². The SMILES string of the molecule is Cc1ccc(N)c(Nc2ccccc2Cl)c1. The molecule has 0 aliphatic carbocycles. The third kappa shape index (κ3) is 2.28. The largest absolute Gasteiger partial charge is 0.397 e. The molecule has 2 aromatic rings. The van der Waals surface area contributed by atoms with Crippen molar-refractivity contribution in [3.05, 3.63) is 53.1 Å². The van der Waals surface area contributed by atoms with Crippen LogP contribution in [-0.2, 0) is 0 Å². The first kappa shape index (κ1) is 10.8. The lowest BCUT2D eigenvalue weighted by Crippen LogP contribution is -1.97. The maximum absolute atomic E-state index is 6.06. The van der Waals surface area contributed by atoms with Gasteiger partial charge < -0.3 is 11.1 Å². The summed E-state index contributed by atoms with van der Waals surface area (Å²) in [6.45, 7) is 2.03. The molecule has 0 aliphatic rings. The van der Waals surface area contributed by atoms with Crippen LogP contribution in [0.3, 0.4) is 0 Å². The Labute approximate surface area is 100 Å². The molecule has 0 saturated heterocycles. The molecular formula is C13H13ClN2. The van der Waals surface area contributed by atoms with Crippen molar-refractivity contribution < 1.29 is 0 Å². The molecule has 2 rings (SSSR count). The number of rotatable bonds is 2. The lowest BCUT2D eigenvalue weighted by molar-refractivity contribution is 1.45. The minimum Gasteiger partial charge on any atom is -0.397 e. The molecule has 0 saturated carbocycles. The van der Waals surface area contributed by atoms with Gasteiger partial charge in [0, 0.05) is 0 Å². The van der Waals surface area contributed by atoms with Gasteiger partial charge in [-0.05, 0) is 36.8 Å². The summed E-state index contributed by atoms with van der Waals surface area (Å²) in [7, 11) is 0. The fraction of sp³-hybridized carbons (Fsp3) is 0.0769. The molecule has 0 atom stereocenters. The van der Waals surface area contributed by atoms with E-state index in [1.165, 1.54) is 0 Å². The van der Waals surface area contributed by atoms with E-state index in [1.807, 2.05) is 49.4 Å². The van der Waals surface area contributed by atoms with Crippen LogP contribution >= 0.6 is 11.6 Å². The standard InChI is InChI=1S/C13H13ClN2/c1-9-6-7-11(15)13(8-9)16-12-5-3-2-4-10(12)14/h2-8,16H,15H2,1H3. The average Bonchev–Trinajstić information content (AvgIpc) is 2.27. The molecule has 3 N–H and O–H groups in total. The lowest BCUT2D eigenvalue weighted by Gasteiger charge is -2.11. The molecule has 0 amide bonds. The van der Waals surface area contributed by atoms with Crippen molar-refractivity contribution in [2.24, 2.45) is 0 Å². The zero-order valence-electron chi connectivity index (χ0n) is 9.00. The number of hydrogen-bond acceptors (Lipinski definition) is 2. The highest BCUT2D eigenvalue weighted by Gasteiger charge is 2.02. The molecule has 16 heavy (non-hydrogen) atoms. The molecule has 3 heteroatoms. The van der Waals surface area contributed by atoms with Crippen molar-refractivity contribution >= 4 is 28.7 Å². The molecular weight excluding hydrogens is 220 g/mol. The first-order chi connectivity index (χ1) is 7.66. The minimum atomic E-state index is 0.684. The Kier molecular flexibility index (Phi) is 3.02. The fourth-order valence-corrected chi connectivity index (χ4v) is 1.67. The molecule has 0 fully saturated rings. The summed E-state index contributed by atoms with van der Waals surface area (Å²) in [5.41, 5.74) is 9.50. The van der Waals surface area contributed by atoms with Crippen molar-refractivity contribution in [1.29, 1.82) is 0 Å². The molecule has 0 aliphatic heterocycles. The number of nitrogens with one attached hydrogen (secondary N) is 1. The molecule has 0 unspecified atom stereocenters. The summed E-state index contributed by atoms with van der Waals surface area (Å²) in [5.74, 6) is 0. The third-order valence-electron chi connectivity index (χ3n) is 2.35. The molecule has 2 nitrogen and oxygen atoms in total. The summed E-state index contributed by atoms with van der Waals surface area (Å²) >= 11 is 6.06. The normalized spacial score (nSPS) is 10.1. The Bertz CT molecular complexity index is 509. The predicted octanol–water partition coefficient (Wildman–Crippen LogP) is 3.97. The maximum Gasteiger partial charge on any atom is 0.0640 e. The highest BCUT2D eigenvalue weighted by Crippen LogP contribution is 2.28. The van der Waals surface area contributed by atoms with Gasteiger partial charge in [-0.15, -0.1) is 0 Å². The van der Waals surface area contributed by atoms with Gasteiger partial charge in [0.1, 0.15) is 0 Å². The highest BCUT2D eigenvalue weighted by atomic mass is 35.5. The number of aryl methyl sites for hydroxylation is 1. The lowest BCUT2D eigenvalue weighted by atomic mass is 10.2. The summed E-state index contributed by atoms with van der Waals surface area (Å²) in [5, 5.41) is 3.91. The highest BCUT2D eigenvalue weighted by molar-refractivity contribution is 6.33. The zero-order valence-corrected chi connectivity index (χ0v) is 9.75. The van der Waals surface area contributed by atoms with Gasteiger partial charge in [0.25, 0.3) is 0 Å². The topological polar surface area (TPSA) is 38.0 Å². The average molecular weight is 233 g/mol. The Morgan fingerprint density at radius 2 is 1.81 bits per heavy atom. The number of halogens is 1. The molecule has 0 heterocycles. The summed E-state index contributed by atoms with van der Waals surface area (Å²) < 4.78 is 0. The Hall–Kier alpha value is -1.67. The van der Waals surface area contributed by atoms with E-state index < -0.39 is 0 Å². The smallest absolute Gasteiger partial charge is 0.0640 e. The second-order valence-electron chi connectivity index (χ2n) is 3.70. The molecule has 2 aromatic carbocycles. The van der Waals surface area contributed by atoms with Gasteiger partial charge in [-0.3, -0.25) is 0 Å². The van der Waals surface area contributed by atoms with Gasteiger partial charge >= 0.3 is 0 Å². The Balaban J connectivity index is 2.34. The van der Waals surface area contributed by atoms with E-state index in [0.717, 1.165) is 16.9 Å². The monoisotopic (exact) mass is 232 g/mol. The van der Waals surface area contributed by atoms with Crippen LogP contribution in [0, 0.1) is 6.92 Å². The second-order valence-corrected chi connectivity index (χ2v) is 4.10. The Morgan fingerprint density at radius 3 is 2.56 bits per heavy atom. The van der Waals surface area contributed by atoms with Crippen LogP contribution in [0.1, 0.15) is 5.56 Å². The molecule has 0 radical (unpaired) electrons. The number of benzene rings is 2. The van der Waals surface area contributed by atoms with Gasteiger partial charge in [-0.1, -0.05) is 29.8 Å². The molecule has 82 valence electrons. The summed E-state index contributed by atoms with van der Waals surface area (Å²) in [6, 6.07) is 13.5. The van der Waals surface area contributed by atoms with E-state index in [-0.39, 0.29) is 0 Å². The van der Waals surface area contributed by atoms with Crippen LogP contribution in [0.5, 0.6) is 0 Å². The molecule has 0 aromatic heterocycles. The minimum absolute atomic E-state index is 0.684. The van der Waals surface area contributed by atoms with E-state index in [2.05, 4.69) is 5.32 Å². The number of hydrogen-bond donors (Lipinski definition) is 2.